The number of halogens is 2. The van der Waals surface area contributed by atoms with Gasteiger partial charge in [-0.2, -0.15) is 0 Å². The third-order valence-electron chi connectivity index (χ3n) is 3.78. The summed E-state index contributed by atoms with van der Waals surface area (Å²) < 4.78 is 0. The third-order valence-corrected chi connectivity index (χ3v) is 4.36. The Labute approximate surface area is 143 Å². The third kappa shape index (κ3) is 3.55. The summed E-state index contributed by atoms with van der Waals surface area (Å²) in [6.45, 7) is 2.61. The molecule has 2 aromatic carbocycles. The van der Waals surface area contributed by atoms with E-state index in [1.54, 1.807) is 18.2 Å². The molecule has 1 heterocycles. The Balaban J connectivity index is 1.82. The number of nitrogens with two attached hydrogens (primary N) is 1. The second-order valence-corrected chi connectivity index (χ2v) is 6.27. The SMILES string of the molecule is C[C@@H]([NH2+]Cc1nc2cc(Cl)ccc2c(=O)[nH]1)c1ccccc1Cl. The average Bonchev–Trinajstić information content (AvgIpc) is 2.52. The first-order valence-corrected chi connectivity index (χ1v) is 8.06. The summed E-state index contributed by atoms with van der Waals surface area (Å²) in [4.78, 5) is 19.4. The molecule has 0 amide bonds. The number of aromatic amines is 1. The van der Waals surface area contributed by atoms with Crippen molar-refractivity contribution >= 4 is 34.1 Å². The highest BCUT2D eigenvalue weighted by Gasteiger charge is 2.13. The van der Waals surface area contributed by atoms with Gasteiger partial charge in [-0.1, -0.05) is 41.4 Å². The predicted molar refractivity (Wildman–Crippen MR) is 92.9 cm³/mol. The van der Waals surface area contributed by atoms with Crippen LogP contribution in [0.2, 0.25) is 10.0 Å². The van der Waals surface area contributed by atoms with Gasteiger partial charge in [0.1, 0.15) is 12.6 Å². The molecule has 3 N–H and O–H groups in total. The van der Waals surface area contributed by atoms with E-state index in [-0.39, 0.29) is 11.6 Å². The summed E-state index contributed by atoms with van der Waals surface area (Å²) in [5.74, 6) is 0.615. The molecule has 0 aliphatic heterocycles. The van der Waals surface area contributed by atoms with Crippen LogP contribution in [0.1, 0.15) is 24.4 Å². The monoisotopic (exact) mass is 348 g/mol. The van der Waals surface area contributed by atoms with Crippen LogP contribution in [-0.4, -0.2) is 9.97 Å². The molecule has 0 radical (unpaired) electrons. The second kappa shape index (κ2) is 6.71. The van der Waals surface area contributed by atoms with E-state index in [2.05, 4.69) is 22.2 Å². The van der Waals surface area contributed by atoms with Gasteiger partial charge in [0.25, 0.3) is 5.56 Å². The van der Waals surface area contributed by atoms with E-state index < -0.39 is 0 Å². The maximum Gasteiger partial charge on any atom is 0.258 e. The van der Waals surface area contributed by atoms with Gasteiger partial charge in [-0.3, -0.25) is 4.79 Å². The Morgan fingerprint density at radius 3 is 2.78 bits per heavy atom. The summed E-state index contributed by atoms with van der Waals surface area (Å²) in [5, 5.41) is 3.92. The van der Waals surface area contributed by atoms with Gasteiger partial charge in [-0.15, -0.1) is 0 Å². The zero-order chi connectivity index (χ0) is 16.4. The number of benzene rings is 2. The molecule has 4 nitrogen and oxygen atoms in total. The van der Waals surface area contributed by atoms with Gasteiger partial charge in [0.05, 0.1) is 10.9 Å². The highest BCUT2D eigenvalue weighted by atomic mass is 35.5. The van der Waals surface area contributed by atoms with Crippen LogP contribution in [-0.2, 0) is 6.54 Å². The van der Waals surface area contributed by atoms with Crippen LogP contribution >= 0.6 is 23.2 Å². The molecule has 0 unspecified atom stereocenters. The van der Waals surface area contributed by atoms with Crippen LogP contribution in [0.4, 0.5) is 0 Å². The molecular weight excluding hydrogens is 333 g/mol. The van der Waals surface area contributed by atoms with E-state index in [9.17, 15) is 4.79 Å². The van der Waals surface area contributed by atoms with Crippen molar-refractivity contribution in [3.05, 3.63) is 74.3 Å². The van der Waals surface area contributed by atoms with E-state index >= 15 is 0 Å². The molecule has 1 atom stereocenters. The van der Waals surface area contributed by atoms with Gasteiger partial charge in [-0.05, 0) is 31.2 Å². The van der Waals surface area contributed by atoms with E-state index in [1.165, 1.54) is 0 Å². The summed E-state index contributed by atoms with van der Waals surface area (Å²) in [6, 6.07) is 13.0. The van der Waals surface area contributed by atoms with Gasteiger partial charge in [0.2, 0.25) is 0 Å². The maximum atomic E-state index is 12.1. The number of hydrogen-bond donors (Lipinski definition) is 2. The fourth-order valence-corrected chi connectivity index (χ4v) is 2.99. The Kier molecular flexibility index (Phi) is 4.66. The number of rotatable bonds is 4. The average molecular weight is 349 g/mol. The predicted octanol–water partition coefficient (Wildman–Crippen LogP) is 3.05. The Morgan fingerprint density at radius 2 is 2.00 bits per heavy atom. The number of quaternary nitrogens is 1. The molecule has 118 valence electrons. The number of nitrogens with zero attached hydrogens (tertiary/aromatic N) is 1. The summed E-state index contributed by atoms with van der Waals surface area (Å²) in [7, 11) is 0. The number of nitrogens with one attached hydrogen (secondary N) is 1. The maximum absolute atomic E-state index is 12.1. The van der Waals surface area contributed by atoms with Gasteiger partial charge in [0, 0.05) is 15.6 Å². The molecule has 0 spiro atoms. The van der Waals surface area contributed by atoms with Crippen LogP contribution in [0.5, 0.6) is 0 Å². The van der Waals surface area contributed by atoms with Crippen molar-refractivity contribution in [2.24, 2.45) is 0 Å². The zero-order valence-corrected chi connectivity index (χ0v) is 14.0. The summed E-state index contributed by atoms with van der Waals surface area (Å²) in [6.07, 6.45) is 0. The quantitative estimate of drug-likeness (QED) is 0.761. The van der Waals surface area contributed by atoms with E-state index in [0.717, 1.165) is 10.6 Å². The van der Waals surface area contributed by atoms with Gasteiger partial charge in [-0.25, -0.2) is 4.98 Å². The van der Waals surface area contributed by atoms with E-state index in [0.29, 0.717) is 28.3 Å². The number of fused-ring (bicyclic) bond motifs is 1. The fourth-order valence-electron chi connectivity index (χ4n) is 2.52. The van der Waals surface area contributed by atoms with Gasteiger partial charge in [0.15, 0.2) is 5.82 Å². The standard InChI is InChI=1S/C17H15Cl2N3O/c1-10(12-4-2-3-5-14(12)19)20-9-16-21-15-8-11(18)6-7-13(15)17(23)22-16/h2-8,10,20H,9H2,1H3,(H,21,22,23)/p+1/t10-/m1/s1. The van der Waals surface area contributed by atoms with Crippen molar-refractivity contribution in [1.82, 2.24) is 9.97 Å². The van der Waals surface area contributed by atoms with Gasteiger partial charge < -0.3 is 10.3 Å². The van der Waals surface area contributed by atoms with Crippen LogP contribution in [0.15, 0.2) is 47.3 Å². The molecule has 0 aliphatic rings. The fraction of sp³-hybridized carbons (Fsp3) is 0.176. The van der Waals surface area contributed by atoms with Crippen LogP contribution in [0.3, 0.4) is 0 Å². The molecule has 0 bridgehead atoms. The zero-order valence-electron chi connectivity index (χ0n) is 12.5. The molecule has 0 saturated heterocycles. The van der Waals surface area contributed by atoms with Crippen molar-refractivity contribution in [3.8, 4) is 0 Å². The smallest absolute Gasteiger partial charge is 0.258 e. The Hall–Kier alpha value is -1.88. The Morgan fingerprint density at radius 1 is 1.22 bits per heavy atom. The van der Waals surface area contributed by atoms with E-state index in [1.807, 2.05) is 24.3 Å². The first kappa shape index (κ1) is 16.0. The lowest BCUT2D eigenvalue weighted by atomic mass is 10.1. The first-order valence-electron chi connectivity index (χ1n) is 7.31. The molecule has 0 saturated carbocycles. The molecule has 1 aromatic heterocycles. The lowest BCUT2D eigenvalue weighted by Gasteiger charge is -2.12. The van der Waals surface area contributed by atoms with Crippen molar-refractivity contribution in [3.63, 3.8) is 0 Å². The Bertz CT molecular complexity index is 908. The largest absolute Gasteiger partial charge is 0.334 e. The highest BCUT2D eigenvalue weighted by molar-refractivity contribution is 6.31. The van der Waals surface area contributed by atoms with Crippen molar-refractivity contribution < 1.29 is 5.32 Å². The summed E-state index contributed by atoms with van der Waals surface area (Å²) >= 11 is 12.2. The topological polar surface area (TPSA) is 62.4 Å². The van der Waals surface area contributed by atoms with Crippen molar-refractivity contribution in [1.29, 1.82) is 0 Å². The molecule has 0 aliphatic carbocycles. The highest BCUT2D eigenvalue weighted by Crippen LogP contribution is 2.19. The normalized spacial score (nSPS) is 12.5. The molecule has 3 aromatic rings. The molecule has 23 heavy (non-hydrogen) atoms. The number of hydrogen-bond acceptors (Lipinski definition) is 2. The lowest BCUT2D eigenvalue weighted by Crippen LogP contribution is -2.83. The first-order chi connectivity index (χ1) is 11.0. The minimum atomic E-state index is -0.152. The molecule has 3 rings (SSSR count). The van der Waals surface area contributed by atoms with Crippen molar-refractivity contribution in [2.75, 3.05) is 0 Å². The second-order valence-electron chi connectivity index (χ2n) is 5.42. The van der Waals surface area contributed by atoms with Crippen LogP contribution in [0, 0.1) is 0 Å². The molecular formula is C17H16Cl2N3O+. The van der Waals surface area contributed by atoms with Crippen LogP contribution in [0.25, 0.3) is 10.9 Å². The minimum absolute atomic E-state index is 0.152. The lowest BCUT2D eigenvalue weighted by molar-refractivity contribution is -0.708. The number of H-pyrrole nitrogens is 1. The van der Waals surface area contributed by atoms with Crippen LogP contribution < -0.4 is 10.9 Å². The van der Waals surface area contributed by atoms with E-state index in [4.69, 9.17) is 23.2 Å². The van der Waals surface area contributed by atoms with Crippen molar-refractivity contribution in [2.45, 2.75) is 19.5 Å². The molecule has 6 heteroatoms. The minimum Gasteiger partial charge on any atom is -0.334 e. The van der Waals surface area contributed by atoms with Gasteiger partial charge >= 0.3 is 0 Å². The summed E-state index contributed by atoms with van der Waals surface area (Å²) in [5.41, 5.74) is 1.51. The number of aromatic nitrogens is 2. The molecule has 0 fully saturated rings.